The summed E-state index contributed by atoms with van der Waals surface area (Å²) >= 11 is 4.76. The molecule has 1 aromatic heterocycles. The zero-order chi connectivity index (χ0) is 25.3. The Kier molecular flexibility index (Phi) is 7.28. The second-order valence-electron chi connectivity index (χ2n) is 8.17. The normalized spacial score (nSPS) is 15.5. The molecule has 0 aliphatic carbocycles. The van der Waals surface area contributed by atoms with Crippen LogP contribution in [-0.2, 0) is 9.53 Å². The first kappa shape index (κ1) is 24.9. The van der Waals surface area contributed by atoms with E-state index in [1.165, 1.54) is 11.3 Å². The molecule has 0 saturated carbocycles. The number of carbonyl (C=O) groups is 1. The second kappa shape index (κ2) is 10.2. The molecule has 35 heavy (non-hydrogen) atoms. The van der Waals surface area contributed by atoms with Crippen molar-refractivity contribution in [2.75, 3.05) is 32.7 Å². The van der Waals surface area contributed by atoms with Gasteiger partial charge in [-0.25, -0.2) is 9.79 Å². The van der Waals surface area contributed by atoms with Gasteiger partial charge in [0.2, 0.25) is 0 Å². The SMILES string of the molecule is CCOC(=O)C1=C(C)N=c2sc(=Cc3cc(Br)ccc3OC)c(=O)n2C1c1ccc(N(C)C)cc1. The summed E-state index contributed by atoms with van der Waals surface area (Å²) in [4.78, 5) is 33.9. The van der Waals surface area contributed by atoms with Crippen molar-refractivity contribution in [3.8, 4) is 5.75 Å². The topological polar surface area (TPSA) is 73.1 Å². The van der Waals surface area contributed by atoms with Gasteiger partial charge in [-0.1, -0.05) is 39.4 Å². The molecule has 0 bridgehead atoms. The molecule has 2 heterocycles. The number of benzene rings is 2. The Morgan fingerprint density at radius 3 is 2.57 bits per heavy atom. The highest BCUT2D eigenvalue weighted by Crippen LogP contribution is 2.31. The number of thiazole rings is 1. The molecule has 0 N–H and O–H groups in total. The monoisotopic (exact) mass is 555 g/mol. The van der Waals surface area contributed by atoms with Crippen LogP contribution in [0.25, 0.3) is 6.08 Å². The van der Waals surface area contributed by atoms with Crippen molar-refractivity contribution in [2.24, 2.45) is 4.99 Å². The number of methoxy groups -OCH3 is 1. The number of rotatable bonds is 6. The second-order valence-corrected chi connectivity index (χ2v) is 10.1. The summed E-state index contributed by atoms with van der Waals surface area (Å²) in [5.74, 6) is 0.177. The number of fused-ring (bicyclic) bond motifs is 1. The van der Waals surface area contributed by atoms with E-state index < -0.39 is 12.0 Å². The summed E-state index contributed by atoms with van der Waals surface area (Å²) in [6.07, 6.45) is 1.79. The van der Waals surface area contributed by atoms with Crippen molar-refractivity contribution < 1.29 is 14.3 Å². The fourth-order valence-electron chi connectivity index (χ4n) is 4.02. The van der Waals surface area contributed by atoms with Crippen molar-refractivity contribution in [1.82, 2.24) is 4.57 Å². The minimum atomic E-state index is -0.645. The maximum atomic E-state index is 13.7. The maximum absolute atomic E-state index is 13.7. The van der Waals surface area contributed by atoms with Crippen LogP contribution in [0, 0.1) is 0 Å². The molecule has 0 saturated heterocycles. The van der Waals surface area contributed by atoms with Gasteiger partial charge in [0, 0.05) is 29.8 Å². The number of hydrogen-bond donors (Lipinski definition) is 0. The molecule has 0 radical (unpaired) electrons. The smallest absolute Gasteiger partial charge is 0.338 e. The molecular weight excluding hydrogens is 530 g/mol. The lowest BCUT2D eigenvalue weighted by Gasteiger charge is -2.25. The van der Waals surface area contributed by atoms with Crippen LogP contribution < -0.4 is 24.5 Å². The average Bonchev–Trinajstić information content (AvgIpc) is 3.13. The van der Waals surface area contributed by atoms with E-state index >= 15 is 0 Å². The Hall–Kier alpha value is -3.17. The fourth-order valence-corrected chi connectivity index (χ4v) is 5.44. The van der Waals surface area contributed by atoms with E-state index in [4.69, 9.17) is 9.47 Å². The van der Waals surface area contributed by atoms with Crippen LogP contribution in [0.15, 0.2) is 68.0 Å². The lowest BCUT2D eigenvalue weighted by Crippen LogP contribution is -2.40. The largest absolute Gasteiger partial charge is 0.496 e. The van der Waals surface area contributed by atoms with Crippen LogP contribution in [0.1, 0.15) is 31.0 Å². The van der Waals surface area contributed by atoms with Gasteiger partial charge in [-0.05, 0) is 55.8 Å². The molecule has 9 heteroatoms. The van der Waals surface area contributed by atoms with Gasteiger partial charge in [0.1, 0.15) is 5.75 Å². The molecule has 0 spiro atoms. The quantitative estimate of drug-likeness (QED) is 0.434. The third-order valence-electron chi connectivity index (χ3n) is 5.72. The first-order valence-electron chi connectivity index (χ1n) is 11.1. The number of esters is 1. The number of halogens is 1. The molecule has 4 rings (SSSR count). The zero-order valence-electron chi connectivity index (χ0n) is 20.2. The fraction of sp³-hybridized carbons (Fsp3) is 0.269. The summed E-state index contributed by atoms with van der Waals surface area (Å²) in [6, 6.07) is 12.8. The number of anilines is 1. The summed E-state index contributed by atoms with van der Waals surface area (Å²) in [5, 5.41) is 0. The molecular formula is C26H26BrN3O4S. The standard InChI is InChI=1S/C26H26BrN3O4S/c1-6-34-25(32)22-15(2)28-26-30(23(22)16-7-10-19(11-8-16)29(3)4)24(31)21(35-26)14-17-13-18(27)9-12-20(17)33-5/h7-14,23H,6H2,1-5H3. The lowest BCUT2D eigenvalue weighted by atomic mass is 9.95. The third-order valence-corrected chi connectivity index (χ3v) is 7.20. The van der Waals surface area contributed by atoms with E-state index in [1.54, 1.807) is 31.6 Å². The molecule has 0 fully saturated rings. The van der Waals surface area contributed by atoms with Crippen molar-refractivity contribution in [3.63, 3.8) is 0 Å². The predicted octanol–water partition coefficient (Wildman–Crippen LogP) is 3.64. The molecule has 7 nitrogen and oxygen atoms in total. The molecule has 0 amide bonds. The van der Waals surface area contributed by atoms with Crippen LogP contribution in [-0.4, -0.2) is 38.3 Å². The lowest BCUT2D eigenvalue weighted by molar-refractivity contribution is -0.139. The zero-order valence-corrected chi connectivity index (χ0v) is 22.6. The van der Waals surface area contributed by atoms with Crippen LogP contribution in [0.3, 0.4) is 0 Å². The number of aromatic nitrogens is 1. The number of allylic oxidation sites excluding steroid dienone is 1. The van der Waals surface area contributed by atoms with Crippen molar-refractivity contribution in [2.45, 2.75) is 19.9 Å². The first-order valence-corrected chi connectivity index (χ1v) is 12.7. The van der Waals surface area contributed by atoms with E-state index in [9.17, 15) is 9.59 Å². The minimum absolute atomic E-state index is 0.230. The van der Waals surface area contributed by atoms with Gasteiger partial charge in [-0.3, -0.25) is 9.36 Å². The van der Waals surface area contributed by atoms with E-state index in [1.807, 2.05) is 61.5 Å². The maximum Gasteiger partial charge on any atom is 0.338 e. The minimum Gasteiger partial charge on any atom is -0.496 e. The summed E-state index contributed by atoms with van der Waals surface area (Å²) in [5.41, 5.74) is 3.26. The van der Waals surface area contributed by atoms with Gasteiger partial charge in [-0.2, -0.15) is 0 Å². The van der Waals surface area contributed by atoms with E-state index in [-0.39, 0.29) is 12.2 Å². The molecule has 2 aromatic carbocycles. The Morgan fingerprint density at radius 2 is 1.94 bits per heavy atom. The van der Waals surface area contributed by atoms with Crippen LogP contribution in [0.5, 0.6) is 5.75 Å². The van der Waals surface area contributed by atoms with E-state index in [0.717, 1.165) is 21.3 Å². The summed E-state index contributed by atoms with van der Waals surface area (Å²) in [7, 11) is 5.51. The van der Waals surface area contributed by atoms with Crippen LogP contribution >= 0.6 is 27.3 Å². The summed E-state index contributed by atoms with van der Waals surface area (Å²) in [6.45, 7) is 3.77. The summed E-state index contributed by atoms with van der Waals surface area (Å²) < 4.78 is 13.8. The van der Waals surface area contributed by atoms with Gasteiger partial charge >= 0.3 is 5.97 Å². The van der Waals surface area contributed by atoms with Gasteiger partial charge in [-0.15, -0.1) is 0 Å². The van der Waals surface area contributed by atoms with Gasteiger partial charge < -0.3 is 14.4 Å². The van der Waals surface area contributed by atoms with Crippen molar-refractivity contribution in [3.05, 3.63) is 89.0 Å². The Morgan fingerprint density at radius 1 is 1.23 bits per heavy atom. The highest BCUT2D eigenvalue weighted by atomic mass is 79.9. The van der Waals surface area contributed by atoms with Gasteiger partial charge in [0.05, 0.1) is 35.6 Å². The number of hydrogen-bond acceptors (Lipinski definition) is 7. The molecule has 1 unspecified atom stereocenters. The Labute approximate surface area is 215 Å². The molecule has 1 aliphatic heterocycles. The molecule has 1 atom stereocenters. The first-order chi connectivity index (χ1) is 16.7. The molecule has 3 aromatic rings. The van der Waals surface area contributed by atoms with Crippen LogP contribution in [0.4, 0.5) is 5.69 Å². The average molecular weight is 556 g/mol. The molecule has 1 aliphatic rings. The van der Waals surface area contributed by atoms with Crippen LogP contribution in [0.2, 0.25) is 0 Å². The highest BCUT2D eigenvalue weighted by Gasteiger charge is 2.33. The Bertz CT molecular complexity index is 1490. The third kappa shape index (κ3) is 4.83. The predicted molar refractivity (Wildman–Crippen MR) is 142 cm³/mol. The highest BCUT2D eigenvalue weighted by molar-refractivity contribution is 9.10. The van der Waals surface area contributed by atoms with Crippen molar-refractivity contribution in [1.29, 1.82) is 0 Å². The van der Waals surface area contributed by atoms with Gasteiger partial charge in [0.25, 0.3) is 5.56 Å². The van der Waals surface area contributed by atoms with Crippen molar-refractivity contribution >= 4 is 45.0 Å². The number of ether oxygens (including phenoxy) is 2. The number of carbonyl (C=O) groups excluding carboxylic acids is 1. The van der Waals surface area contributed by atoms with E-state index in [2.05, 4.69) is 20.9 Å². The number of nitrogens with zero attached hydrogens (tertiary/aromatic N) is 3. The van der Waals surface area contributed by atoms with E-state index in [0.29, 0.717) is 26.4 Å². The van der Waals surface area contributed by atoms with Gasteiger partial charge in [0.15, 0.2) is 4.80 Å². The molecule has 182 valence electrons. The Balaban J connectivity index is 1.95.